The number of rotatable bonds is 5. The van der Waals surface area contributed by atoms with Crippen molar-refractivity contribution in [2.45, 2.75) is 13.0 Å². The lowest BCUT2D eigenvalue weighted by molar-refractivity contribution is 0.112. The van der Waals surface area contributed by atoms with E-state index in [4.69, 9.17) is 0 Å². The molecule has 0 unspecified atom stereocenters. The van der Waals surface area contributed by atoms with Gasteiger partial charge in [0.2, 0.25) is 0 Å². The van der Waals surface area contributed by atoms with Crippen molar-refractivity contribution in [1.82, 2.24) is 9.47 Å². The molecule has 0 saturated heterocycles. The molecule has 0 amide bonds. The van der Waals surface area contributed by atoms with Crippen molar-refractivity contribution in [3.05, 3.63) is 36.0 Å². The van der Waals surface area contributed by atoms with E-state index in [1.54, 1.807) is 0 Å². The Labute approximate surface area is 102 Å². The summed E-state index contributed by atoms with van der Waals surface area (Å²) in [5.41, 5.74) is 1.93. The lowest BCUT2D eigenvalue weighted by atomic mass is 10.2. The van der Waals surface area contributed by atoms with Gasteiger partial charge in [0, 0.05) is 29.2 Å². The molecule has 0 spiro atoms. The van der Waals surface area contributed by atoms with Crippen LogP contribution in [0.4, 0.5) is 0 Å². The van der Waals surface area contributed by atoms with Gasteiger partial charge in [-0.3, -0.25) is 4.79 Å². The molecule has 0 aliphatic carbocycles. The summed E-state index contributed by atoms with van der Waals surface area (Å²) in [6.45, 7) is 2.01. The number of hydrogen-bond donors (Lipinski definition) is 0. The van der Waals surface area contributed by atoms with Crippen LogP contribution in [0.2, 0.25) is 0 Å². The van der Waals surface area contributed by atoms with Gasteiger partial charge in [0.25, 0.3) is 0 Å². The minimum absolute atomic E-state index is 0.783. The van der Waals surface area contributed by atoms with E-state index >= 15 is 0 Å². The molecule has 0 aliphatic rings. The average Bonchev–Trinajstić information content (AvgIpc) is 2.68. The molecule has 2 rings (SSSR count). The highest BCUT2D eigenvalue weighted by molar-refractivity contribution is 5.97. The average molecular weight is 230 g/mol. The number of carbonyl (C=O) groups excluding carboxylic acids is 1. The molecular weight excluding hydrogens is 212 g/mol. The lowest BCUT2D eigenvalue weighted by Gasteiger charge is -2.10. The molecule has 0 radical (unpaired) electrons. The SMILES string of the molecule is CN(C)CCCn1cc(C=O)c2ccccc21. The third kappa shape index (κ3) is 2.56. The molecule has 1 aromatic heterocycles. The molecule has 0 N–H and O–H groups in total. The maximum Gasteiger partial charge on any atom is 0.152 e. The second kappa shape index (κ2) is 5.15. The molecular formula is C14H18N2O. The predicted molar refractivity (Wildman–Crippen MR) is 70.5 cm³/mol. The van der Waals surface area contributed by atoms with Gasteiger partial charge in [0.05, 0.1) is 0 Å². The Morgan fingerprint density at radius 2 is 2.06 bits per heavy atom. The maximum atomic E-state index is 11.0. The first-order valence-corrected chi connectivity index (χ1v) is 5.90. The first-order chi connectivity index (χ1) is 8.22. The molecule has 0 bridgehead atoms. The summed E-state index contributed by atoms with van der Waals surface area (Å²) in [6.07, 6.45) is 3.97. The Morgan fingerprint density at radius 1 is 1.29 bits per heavy atom. The van der Waals surface area contributed by atoms with E-state index in [1.165, 1.54) is 0 Å². The largest absolute Gasteiger partial charge is 0.347 e. The lowest BCUT2D eigenvalue weighted by Crippen LogP contribution is -2.14. The van der Waals surface area contributed by atoms with Crippen LogP contribution in [0.15, 0.2) is 30.5 Å². The second-order valence-electron chi connectivity index (χ2n) is 4.57. The molecule has 0 atom stereocenters. The summed E-state index contributed by atoms with van der Waals surface area (Å²) in [4.78, 5) is 13.2. The van der Waals surface area contributed by atoms with Gasteiger partial charge in [-0.25, -0.2) is 0 Å². The minimum atomic E-state index is 0.783. The van der Waals surface area contributed by atoms with E-state index in [2.05, 4.69) is 29.6 Å². The van der Waals surface area contributed by atoms with Crippen LogP contribution in [-0.2, 0) is 6.54 Å². The van der Waals surface area contributed by atoms with E-state index in [9.17, 15) is 4.79 Å². The minimum Gasteiger partial charge on any atom is -0.347 e. The van der Waals surface area contributed by atoms with Crippen LogP contribution in [0.25, 0.3) is 10.9 Å². The van der Waals surface area contributed by atoms with Gasteiger partial charge in [-0.2, -0.15) is 0 Å². The predicted octanol–water partition coefficient (Wildman–Crippen LogP) is 2.41. The van der Waals surface area contributed by atoms with Crippen molar-refractivity contribution < 1.29 is 4.79 Å². The van der Waals surface area contributed by atoms with E-state index < -0.39 is 0 Å². The number of benzene rings is 1. The molecule has 0 saturated carbocycles. The first kappa shape index (κ1) is 11.9. The van der Waals surface area contributed by atoms with Crippen molar-refractivity contribution in [2.24, 2.45) is 0 Å². The van der Waals surface area contributed by atoms with Crippen LogP contribution in [0.3, 0.4) is 0 Å². The fourth-order valence-corrected chi connectivity index (χ4v) is 2.11. The number of aromatic nitrogens is 1. The standard InChI is InChI=1S/C14H18N2O/c1-15(2)8-5-9-16-10-12(11-17)13-6-3-4-7-14(13)16/h3-4,6-7,10-11H,5,8-9H2,1-2H3. The van der Waals surface area contributed by atoms with Gasteiger partial charge in [0.1, 0.15) is 0 Å². The molecule has 1 heterocycles. The quantitative estimate of drug-likeness (QED) is 0.737. The molecule has 2 aromatic rings. The fourth-order valence-electron chi connectivity index (χ4n) is 2.11. The zero-order valence-corrected chi connectivity index (χ0v) is 10.4. The zero-order valence-electron chi connectivity index (χ0n) is 10.4. The smallest absolute Gasteiger partial charge is 0.152 e. The summed E-state index contributed by atoms with van der Waals surface area (Å²) in [7, 11) is 4.15. The Kier molecular flexibility index (Phi) is 3.59. The molecule has 90 valence electrons. The van der Waals surface area contributed by atoms with Crippen LogP contribution in [0, 0.1) is 0 Å². The van der Waals surface area contributed by atoms with E-state index in [0.29, 0.717) is 0 Å². The highest BCUT2D eigenvalue weighted by Crippen LogP contribution is 2.20. The molecule has 0 aliphatic heterocycles. The van der Waals surface area contributed by atoms with Gasteiger partial charge in [-0.15, -0.1) is 0 Å². The van der Waals surface area contributed by atoms with Crippen LogP contribution < -0.4 is 0 Å². The number of aryl methyl sites for hydroxylation is 1. The van der Waals surface area contributed by atoms with E-state index in [1.807, 2.05) is 24.4 Å². The topological polar surface area (TPSA) is 25.2 Å². The Morgan fingerprint density at radius 3 is 2.76 bits per heavy atom. The van der Waals surface area contributed by atoms with Crippen molar-refractivity contribution in [1.29, 1.82) is 0 Å². The van der Waals surface area contributed by atoms with Crippen molar-refractivity contribution in [3.63, 3.8) is 0 Å². The Bertz CT molecular complexity index is 514. The van der Waals surface area contributed by atoms with E-state index in [0.717, 1.165) is 42.3 Å². The highest BCUT2D eigenvalue weighted by atomic mass is 16.1. The summed E-state index contributed by atoms with van der Waals surface area (Å²) >= 11 is 0. The fraction of sp³-hybridized carbons (Fsp3) is 0.357. The molecule has 0 fully saturated rings. The Hall–Kier alpha value is -1.61. The number of para-hydroxylation sites is 1. The highest BCUT2D eigenvalue weighted by Gasteiger charge is 2.06. The van der Waals surface area contributed by atoms with Crippen LogP contribution in [-0.4, -0.2) is 36.4 Å². The van der Waals surface area contributed by atoms with Crippen LogP contribution >= 0.6 is 0 Å². The van der Waals surface area contributed by atoms with Gasteiger partial charge in [-0.05, 0) is 33.1 Å². The summed E-state index contributed by atoms with van der Waals surface area (Å²) < 4.78 is 2.17. The van der Waals surface area contributed by atoms with Gasteiger partial charge in [-0.1, -0.05) is 18.2 Å². The van der Waals surface area contributed by atoms with Gasteiger partial charge in [0.15, 0.2) is 6.29 Å². The number of nitrogens with zero attached hydrogens (tertiary/aromatic N) is 2. The van der Waals surface area contributed by atoms with Gasteiger partial charge >= 0.3 is 0 Å². The normalized spacial score (nSPS) is 11.2. The monoisotopic (exact) mass is 230 g/mol. The Balaban J connectivity index is 2.25. The number of fused-ring (bicyclic) bond motifs is 1. The zero-order chi connectivity index (χ0) is 12.3. The third-order valence-electron chi connectivity index (χ3n) is 2.95. The summed E-state index contributed by atoms with van der Waals surface area (Å²) in [5.74, 6) is 0. The van der Waals surface area contributed by atoms with E-state index in [-0.39, 0.29) is 0 Å². The van der Waals surface area contributed by atoms with Crippen LogP contribution in [0.1, 0.15) is 16.8 Å². The summed E-state index contributed by atoms with van der Waals surface area (Å²) in [5, 5.41) is 1.05. The third-order valence-corrected chi connectivity index (χ3v) is 2.95. The van der Waals surface area contributed by atoms with Crippen molar-refractivity contribution in [3.8, 4) is 0 Å². The number of carbonyl (C=O) groups is 1. The van der Waals surface area contributed by atoms with Crippen molar-refractivity contribution >= 4 is 17.2 Å². The molecule has 1 aromatic carbocycles. The molecule has 17 heavy (non-hydrogen) atoms. The van der Waals surface area contributed by atoms with Crippen LogP contribution in [0.5, 0.6) is 0 Å². The molecule has 3 nitrogen and oxygen atoms in total. The molecule has 3 heteroatoms. The number of aldehydes is 1. The first-order valence-electron chi connectivity index (χ1n) is 5.90. The summed E-state index contributed by atoms with van der Waals surface area (Å²) in [6, 6.07) is 8.05. The van der Waals surface area contributed by atoms with Gasteiger partial charge < -0.3 is 9.47 Å². The van der Waals surface area contributed by atoms with Crippen molar-refractivity contribution in [2.75, 3.05) is 20.6 Å². The maximum absolute atomic E-state index is 11.0. The number of hydrogen-bond acceptors (Lipinski definition) is 2. The second-order valence-corrected chi connectivity index (χ2v) is 4.57.